The Morgan fingerprint density at radius 2 is 1.59 bits per heavy atom. The Balaban J connectivity index is 2.01. The lowest BCUT2D eigenvalue weighted by Gasteiger charge is -2.18. The largest absolute Gasteiger partial charge is 0.475 e. The van der Waals surface area contributed by atoms with E-state index in [-0.39, 0.29) is 0 Å². The molecule has 0 aliphatic rings. The summed E-state index contributed by atoms with van der Waals surface area (Å²) in [6, 6.07) is 22.5. The van der Waals surface area contributed by atoms with Crippen molar-refractivity contribution < 1.29 is 14.7 Å². The lowest BCUT2D eigenvalue weighted by molar-refractivity contribution is -0.136. The molecule has 0 aliphatic carbocycles. The molecule has 0 heterocycles. The SMILES string of the molecule is O=C(NO)C(Oc1cccc2ccccc12)c1ccccc1. The molecule has 22 heavy (non-hydrogen) atoms. The van der Waals surface area contributed by atoms with Gasteiger partial charge < -0.3 is 4.74 Å². The molecule has 0 saturated carbocycles. The van der Waals surface area contributed by atoms with Crippen LogP contribution in [0.5, 0.6) is 5.75 Å². The smallest absolute Gasteiger partial charge is 0.289 e. The van der Waals surface area contributed by atoms with E-state index >= 15 is 0 Å². The fourth-order valence-corrected chi connectivity index (χ4v) is 2.38. The highest BCUT2D eigenvalue weighted by Crippen LogP contribution is 2.29. The Kier molecular flexibility index (Phi) is 4.03. The number of ether oxygens (including phenoxy) is 1. The predicted molar refractivity (Wildman–Crippen MR) is 83.7 cm³/mol. The number of carbonyl (C=O) groups is 1. The van der Waals surface area contributed by atoms with Crippen LogP contribution >= 0.6 is 0 Å². The lowest BCUT2D eigenvalue weighted by atomic mass is 10.1. The van der Waals surface area contributed by atoms with Gasteiger partial charge >= 0.3 is 0 Å². The summed E-state index contributed by atoms with van der Waals surface area (Å²) in [6.07, 6.45) is -0.919. The zero-order valence-electron chi connectivity index (χ0n) is 11.8. The van der Waals surface area contributed by atoms with Gasteiger partial charge in [-0.2, -0.15) is 0 Å². The minimum absolute atomic E-state index is 0.593. The monoisotopic (exact) mass is 293 g/mol. The first-order chi connectivity index (χ1) is 10.8. The van der Waals surface area contributed by atoms with Gasteiger partial charge in [0.05, 0.1) is 0 Å². The predicted octanol–water partition coefficient (Wildman–Crippen LogP) is 3.47. The van der Waals surface area contributed by atoms with Gasteiger partial charge in [-0.1, -0.05) is 66.7 Å². The molecule has 3 rings (SSSR count). The fourth-order valence-electron chi connectivity index (χ4n) is 2.38. The van der Waals surface area contributed by atoms with Gasteiger partial charge in [0, 0.05) is 10.9 Å². The normalized spacial score (nSPS) is 11.9. The van der Waals surface area contributed by atoms with E-state index in [9.17, 15) is 4.79 Å². The van der Waals surface area contributed by atoms with E-state index in [1.165, 1.54) is 0 Å². The van der Waals surface area contributed by atoms with Gasteiger partial charge in [0.25, 0.3) is 5.91 Å². The molecule has 4 nitrogen and oxygen atoms in total. The molecule has 3 aromatic carbocycles. The van der Waals surface area contributed by atoms with Gasteiger partial charge in [0.1, 0.15) is 5.75 Å². The van der Waals surface area contributed by atoms with Gasteiger partial charge in [-0.05, 0) is 11.5 Å². The zero-order valence-corrected chi connectivity index (χ0v) is 11.8. The molecule has 0 saturated heterocycles. The third kappa shape index (κ3) is 2.77. The molecule has 4 heteroatoms. The number of hydrogen-bond donors (Lipinski definition) is 2. The van der Waals surface area contributed by atoms with E-state index < -0.39 is 12.0 Å². The summed E-state index contributed by atoms with van der Waals surface area (Å²) in [5, 5.41) is 10.9. The number of nitrogens with one attached hydrogen (secondary N) is 1. The average molecular weight is 293 g/mol. The van der Waals surface area contributed by atoms with Crippen molar-refractivity contribution in [3.05, 3.63) is 78.4 Å². The van der Waals surface area contributed by atoms with E-state index in [1.807, 2.05) is 60.7 Å². The summed E-state index contributed by atoms with van der Waals surface area (Å²) >= 11 is 0. The van der Waals surface area contributed by atoms with Crippen molar-refractivity contribution in [3.8, 4) is 5.75 Å². The number of rotatable bonds is 4. The van der Waals surface area contributed by atoms with Crippen molar-refractivity contribution in [2.75, 3.05) is 0 Å². The first-order valence-corrected chi connectivity index (χ1v) is 6.93. The molecule has 0 radical (unpaired) electrons. The molecule has 0 spiro atoms. The van der Waals surface area contributed by atoms with Crippen LogP contribution in [0, 0.1) is 0 Å². The molecule has 3 aromatic rings. The third-order valence-electron chi connectivity index (χ3n) is 3.45. The second-order valence-electron chi connectivity index (χ2n) is 4.86. The Hall–Kier alpha value is -2.85. The Morgan fingerprint density at radius 3 is 2.36 bits per heavy atom. The lowest BCUT2D eigenvalue weighted by Crippen LogP contribution is -2.30. The van der Waals surface area contributed by atoms with Crippen LogP contribution in [0.15, 0.2) is 72.8 Å². The maximum absolute atomic E-state index is 12.0. The van der Waals surface area contributed by atoms with Gasteiger partial charge in [-0.15, -0.1) is 0 Å². The summed E-state index contributed by atoms with van der Waals surface area (Å²) in [7, 11) is 0. The highest BCUT2D eigenvalue weighted by atomic mass is 16.5. The van der Waals surface area contributed by atoms with E-state index in [0.717, 1.165) is 10.8 Å². The van der Waals surface area contributed by atoms with E-state index in [0.29, 0.717) is 11.3 Å². The molecule has 0 bridgehead atoms. The minimum atomic E-state index is -0.919. The van der Waals surface area contributed by atoms with Crippen molar-refractivity contribution in [1.29, 1.82) is 0 Å². The Labute approximate surface area is 127 Å². The van der Waals surface area contributed by atoms with Gasteiger partial charge in [0.2, 0.25) is 6.10 Å². The summed E-state index contributed by atoms with van der Waals surface area (Å²) in [4.78, 5) is 12.0. The summed E-state index contributed by atoms with van der Waals surface area (Å²) in [5.74, 6) is -0.0188. The van der Waals surface area contributed by atoms with Crippen LogP contribution in [-0.2, 0) is 4.79 Å². The van der Waals surface area contributed by atoms with Gasteiger partial charge in [0.15, 0.2) is 0 Å². The molecule has 1 unspecified atom stereocenters. The number of hydrogen-bond acceptors (Lipinski definition) is 3. The molecular formula is C18H15NO3. The second kappa shape index (κ2) is 6.28. The molecule has 1 amide bonds. The van der Waals surface area contributed by atoms with Crippen molar-refractivity contribution in [2.24, 2.45) is 0 Å². The molecule has 0 fully saturated rings. The molecule has 110 valence electrons. The number of hydroxylamine groups is 1. The molecular weight excluding hydrogens is 278 g/mol. The maximum atomic E-state index is 12.0. The minimum Gasteiger partial charge on any atom is -0.475 e. The van der Waals surface area contributed by atoms with Crippen LogP contribution in [0.4, 0.5) is 0 Å². The quantitative estimate of drug-likeness (QED) is 0.572. The molecule has 0 aromatic heterocycles. The van der Waals surface area contributed by atoms with E-state index in [4.69, 9.17) is 9.94 Å². The summed E-state index contributed by atoms with van der Waals surface area (Å²) < 4.78 is 5.89. The van der Waals surface area contributed by atoms with Crippen molar-refractivity contribution in [3.63, 3.8) is 0 Å². The van der Waals surface area contributed by atoms with Crippen LogP contribution in [-0.4, -0.2) is 11.1 Å². The zero-order chi connectivity index (χ0) is 15.4. The first-order valence-electron chi connectivity index (χ1n) is 6.93. The van der Waals surface area contributed by atoms with Crippen molar-refractivity contribution in [1.82, 2.24) is 5.48 Å². The highest BCUT2D eigenvalue weighted by molar-refractivity contribution is 5.89. The fraction of sp³-hybridized carbons (Fsp3) is 0.0556. The van der Waals surface area contributed by atoms with E-state index in [2.05, 4.69) is 0 Å². The maximum Gasteiger partial charge on any atom is 0.289 e. The number of benzene rings is 3. The first kappa shape index (κ1) is 14.1. The third-order valence-corrected chi connectivity index (χ3v) is 3.45. The topological polar surface area (TPSA) is 58.6 Å². The highest BCUT2D eigenvalue weighted by Gasteiger charge is 2.22. The molecule has 2 N–H and O–H groups in total. The second-order valence-corrected chi connectivity index (χ2v) is 4.86. The standard InChI is InChI=1S/C18H15NO3/c20-18(19-21)17(14-8-2-1-3-9-14)22-16-12-6-10-13-7-4-5-11-15(13)16/h1-12,17,21H,(H,19,20). The van der Waals surface area contributed by atoms with Gasteiger partial charge in [-0.25, -0.2) is 5.48 Å². The van der Waals surface area contributed by atoms with Crippen molar-refractivity contribution >= 4 is 16.7 Å². The number of amides is 1. The number of fused-ring (bicyclic) bond motifs is 1. The van der Waals surface area contributed by atoms with Crippen LogP contribution in [0.3, 0.4) is 0 Å². The average Bonchev–Trinajstić information content (AvgIpc) is 2.60. The van der Waals surface area contributed by atoms with Crippen molar-refractivity contribution in [2.45, 2.75) is 6.10 Å². The van der Waals surface area contributed by atoms with Gasteiger partial charge in [-0.3, -0.25) is 10.0 Å². The molecule has 1 atom stereocenters. The summed E-state index contributed by atoms with van der Waals surface area (Å²) in [5.41, 5.74) is 2.34. The Bertz CT molecular complexity index is 781. The van der Waals surface area contributed by atoms with Crippen LogP contribution in [0.25, 0.3) is 10.8 Å². The number of carbonyl (C=O) groups excluding carboxylic acids is 1. The van der Waals surface area contributed by atoms with Crippen LogP contribution < -0.4 is 10.2 Å². The van der Waals surface area contributed by atoms with Crippen LogP contribution in [0.1, 0.15) is 11.7 Å². The molecule has 0 aliphatic heterocycles. The van der Waals surface area contributed by atoms with E-state index in [1.54, 1.807) is 17.6 Å². The Morgan fingerprint density at radius 1 is 0.909 bits per heavy atom. The summed E-state index contributed by atoms with van der Waals surface area (Å²) in [6.45, 7) is 0. The van der Waals surface area contributed by atoms with Crippen LogP contribution in [0.2, 0.25) is 0 Å².